The normalized spacial score (nSPS) is 16.9. The lowest BCUT2D eigenvalue weighted by Crippen LogP contribution is -2.43. The average molecular weight is 476 g/mol. The molecule has 5 heterocycles. The van der Waals surface area contributed by atoms with Crippen molar-refractivity contribution in [1.29, 1.82) is 0 Å². The van der Waals surface area contributed by atoms with Crippen molar-refractivity contribution in [3.63, 3.8) is 0 Å². The van der Waals surface area contributed by atoms with Crippen LogP contribution < -0.4 is 15.5 Å². The number of piperazine rings is 1. The molecule has 1 aliphatic heterocycles. The lowest BCUT2D eigenvalue weighted by Gasteiger charge is -2.29. The Labute approximate surface area is 201 Å². The Kier molecular flexibility index (Phi) is 5.80. The van der Waals surface area contributed by atoms with E-state index in [0.717, 1.165) is 47.0 Å². The molecule has 2 N–H and O–H groups in total. The van der Waals surface area contributed by atoms with Gasteiger partial charge in [-0.25, -0.2) is 19.3 Å². The number of thiophene rings is 1. The summed E-state index contributed by atoms with van der Waals surface area (Å²) in [6, 6.07) is 8.00. The molecule has 0 spiro atoms. The number of fused-ring (bicyclic) bond motifs is 1. The van der Waals surface area contributed by atoms with Crippen LogP contribution in [0.4, 0.5) is 21.8 Å². The van der Waals surface area contributed by atoms with Gasteiger partial charge in [0.05, 0.1) is 33.2 Å². The van der Waals surface area contributed by atoms with Gasteiger partial charge in [-0.15, -0.1) is 11.3 Å². The van der Waals surface area contributed by atoms with Crippen LogP contribution in [0.2, 0.25) is 0 Å². The number of nitrogens with one attached hydrogen (secondary N) is 2. The molecular weight excluding hydrogens is 449 g/mol. The Bertz CT molecular complexity index is 1290. The van der Waals surface area contributed by atoms with Crippen molar-refractivity contribution < 1.29 is 4.39 Å². The number of nitrogens with zero attached hydrogens (tertiary/aromatic N) is 5. The van der Waals surface area contributed by atoms with Crippen molar-refractivity contribution in [2.75, 3.05) is 36.4 Å². The van der Waals surface area contributed by atoms with Crippen LogP contribution in [0.3, 0.4) is 0 Å². The van der Waals surface area contributed by atoms with Gasteiger partial charge in [-0.1, -0.05) is 12.8 Å². The quantitative estimate of drug-likeness (QED) is 0.416. The third-order valence-electron chi connectivity index (χ3n) is 6.68. The van der Waals surface area contributed by atoms with Gasteiger partial charge < -0.3 is 15.5 Å². The zero-order valence-corrected chi connectivity index (χ0v) is 19.6. The summed E-state index contributed by atoms with van der Waals surface area (Å²) in [4.78, 5) is 20.7. The van der Waals surface area contributed by atoms with Gasteiger partial charge in [-0.2, -0.15) is 0 Å². The van der Waals surface area contributed by atoms with E-state index in [2.05, 4.69) is 41.5 Å². The number of hydrogen-bond acceptors (Lipinski definition) is 8. The number of pyridine rings is 2. The van der Waals surface area contributed by atoms with Crippen molar-refractivity contribution in [3.8, 4) is 10.6 Å². The van der Waals surface area contributed by atoms with E-state index in [1.807, 2.05) is 30.6 Å². The standard InChI is InChI=1S/C25H26FN7S/c26-19-15-30-25(31-22-6-5-17(14-29-22)33-11-9-27-10-12-33)32-23(19)21-13-20-24(34-21)18(7-8-28-20)16-3-1-2-4-16/h5-8,13-16,27H,1-4,9-12H2,(H,29,30,31,32). The van der Waals surface area contributed by atoms with Crippen LogP contribution in [-0.4, -0.2) is 46.1 Å². The van der Waals surface area contributed by atoms with Crippen LogP contribution in [0.5, 0.6) is 0 Å². The van der Waals surface area contributed by atoms with Crippen LogP contribution >= 0.6 is 11.3 Å². The molecule has 1 saturated carbocycles. The highest BCUT2D eigenvalue weighted by molar-refractivity contribution is 7.22. The van der Waals surface area contributed by atoms with E-state index in [1.165, 1.54) is 37.4 Å². The first-order valence-corrected chi connectivity index (χ1v) is 12.7. The molecule has 1 aliphatic carbocycles. The molecule has 174 valence electrons. The monoisotopic (exact) mass is 475 g/mol. The van der Waals surface area contributed by atoms with Gasteiger partial charge in [-0.3, -0.25) is 4.98 Å². The second-order valence-electron chi connectivity index (χ2n) is 8.86. The summed E-state index contributed by atoms with van der Waals surface area (Å²) in [5.41, 5.74) is 3.61. The van der Waals surface area contributed by atoms with E-state index in [0.29, 0.717) is 17.7 Å². The minimum atomic E-state index is -0.443. The largest absolute Gasteiger partial charge is 0.368 e. The third-order valence-corrected chi connectivity index (χ3v) is 7.86. The third kappa shape index (κ3) is 4.21. The van der Waals surface area contributed by atoms with Crippen LogP contribution in [0.15, 0.2) is 42.9 Å². The van der Waals surface area contributed by atoms with Gasteiger partial charge in [0.1, 0.15) is 11.5 Å². The predicted octanol–water partition coefficient (Wildman–Crippen LogP) is 5.10. The summed E-state index contributed by atoms with van der Waals surface area (Å²) in [5.74, 6) is 1.07. The van der Waals surface area contributed by atoms with Gasteiger partial charge in [0.2, 0.25) is 5.95 Å². The van der Waals surface area contributed by atoms with E-state index in [9.17, 15) is 4.39 Å². The van der Waals surface area contributed by atoms with Crippen molar-refractivity contribution in [1.82, 2.24) is 25.3 Å². The fourth-order valence-electron chi connectivity index (χ4n) is 4.92. The summed E-state index contributed by atoms with van der Waals surface area (Å²) in [6.45, 7) is 3.87. The molecular formula is C25H26FN7S. The second-order valence-corrected chi connectivity index (χ2v) is 9.91. The maximum absolute atomic E-state index is 14.8. The Hall–Kier alpha value is -3.17. The average Bonchev–Trinajstić information content (AvgIpc) is 3.56. The van der Waals surface area contributed by atoms with Crippen LogP contribution in [-0.2, 0) is 0 Å². The van der Waals surface area contributed by atoms with E-state index < -0.39 is 5.82 Å². The summed E-state index contributed by atoms with van der Waals surface area (Å²) in [6.07, 6.45) is 9.89. The highest BCUT2D eigenvalue weighted by Crippen LogP contribution is 2.42. The fourth-order valence-corrected chi connectivity index (χ4v) is 6.12. The van der Waals surface area contributed by atoms with Gasteiger partial charge in [0, 0.05) is 32.4 Å². The Morgan fingerprint density at radius 2 is 1.88 bits per heavy atom. The van der Waals surface area contributed by atoms with E-state index in [1.54, 1.807) is 11.3 Å². The smallest absolute Gasteiger partial charge is 0.229 e. The maximum atomic E-state index is 14.8. The van der Waals surface area contributed by atoms with Crippen molar-refractivity contribution >= 4 is 39.0 Å². The lowest BCUT2D eigenvalue weighted by molar-refractivity contribution is 0.589. The molecule has 0 atom stereocenters. The molecule has 34 heavy (non-hydrogen) atoms. The van der Waals surface area contributed by atoms with E-state index >= 15 is 0 Å². The predicted molar refractivity (Wildman–Crippen MR) is 134 cm³/mol. The SMILES string of the molecule is Fc1cnc(Nc2ccc(N3CCNCC3)cn2)nc1-c1cc2nccc(C3CCCC3)c2s1. The first-order chi connectivity index (χ1) is 16.7. The van der Waals surface area contributed by atoms with Gasteiger partial charge in [-0.05, 0) is 48.6 Å². The van der Waals surface area contributed by atoms with E-state index in [-0.39, 0.29) is 5.69 Å². The zero-order chi connectivity index (χ0) is 22.9. The molecule has 2 fully saturated rings. The van der Waals surface area contributed by atoms with Gasteiger partial charge >= 0.3 is 0 Å². The first kappa shape index (κ1) is 21.4. The van der Waals surface area contributed by atoms with Crippen LogP contribution in [0, 0.1) is 5.82 Å². The second kappa shape index (κ2) is 9.23. The minimum absolute atomic E-state index is 0.287. The first-order valence-electron chi connectivity index (χ1n) is 11.8. The van der Waals surface area contributed by atoms with Crippen LogP contribution in [0.25, 0.3) is 20.8 Å². The minimum Gasteiger partial charge on any atom is -0.368 e. The maximum Gasteiger partial charge on any atom is 0.229 e. The van der Waals surface area contributed by atoms with E-state index in [4.69, 9.17) is 0 Å². The molecule has 6 rings (SSSR count). The molecule has 0 amide bonds. The van der Waals surface area contributed by atoms with Gasteiger partial charge in [0.25, 0.3) is 0 Å². The Morgan fingerprint density at radius 1 is 1.03 bits per heavy atom. The van der Waals surface area contributed by atoms with Crippen molar-refractivity contribution in [3.05, 3.63) is 54.2 Å². The lowest BCUT2D eigenvalue weighted by atomic mass is 9.98. The molecule has 4 aromatic rings. The molecule has 0 unspecified atom stereocenters. The fraction of sp³-hybridized carbons (Fsp3) is 0.360. The molecule has 1 saturated heterocycles. The zero-order valence-electron chi connectivity index (χ0n) is 18.8. The number of rotatable bonds is 5. The summed E-state index contributed by atoms with van der Waals surface area (Å²) >= 11 is 1.56. The number of aromatic nitrogens is 4. The summed E-state index contributed by atoms with van der Waals surface area (Å²) < 4.78 is 15.9. The topological polar surface area (TPSA) is 78.9 Å². The molecule has 0 aromatic carbocycles. The van der Waals surface area contributed by atoms with Crippen molar-refractivity contribution in [2.45, 2.75) is 31.6 Å². The molecule has 0 radical (unpaired) electrons. The summed E-state index contributed by atoms with van der Waals surface area (Å²) in [7, 11) is 0. The Morgan fingerprint density at radius 3 is 2.68 bits per heavy atom. The van der Waals surface area contributed by atoms with Crippen LogP contribution in [0.1, 0.15) is 37.2 Å². The molecule has 9 heteroatoms. The number of hydrogen-bond donors (Lipinski definition) is 2. The molecule has 2 aliphatic rings. The summed E-state index contributed by atoms with van der Waals surface area (Å²) in [5, 5.41) is 6.47. The van der Waals surface area contributed by atoms with Crippen molar-refractivity contribution in [2.24, 2.45) is 0 Å². The molecule has 4 aromatic heterocycles. The highest BCUT2D eigenvalue weighted by atomic mass is 32.1. The van der Waals surface area contributed by atoms with Gasteiger partial charge in [0.15, 0.2) is 5.82 Å². The molecule has 7 nitrogen and oxygen atoms in total. The highest BCUT2D eigenvalue weighted by Gasteiger charge is 2.22. The molecule has 0 bridgehead atoms. The number of anilines is 3. The Balaban J connectivity index is 1.26. The number of halogens is 1.